The Labute approximate surface area is 117 Å². The van der Waals surface area contributed by atoms with E-state index in [0.29, 0.717) is 17.1 Å². The topological polar surface area (TPSA) is 55.8 Å². The highest BCUT2D eigenvalue weighted by atomic mass is 16.6. The lowest BCUT2D eigenvalue weighted by molar-refractivity contribution is 0.221. The molecule has 5 heteroatoms. The molecule has 1 aliphatic heterocycles. The fourth-order valence-corrected chi connectivity index (χ4v) is 2.22. The molecule has 1 aliphatic rings. The first-order valence-electron chi connectivity index (χ1n) is 6.48. The summed E-state index contributed by atoms with van der Waals surface area (Å²) in [4.78, 5) is 12.1. The Hall–Kier alpha value is -2.53. The second-order valence-electron chi connectivity index (χ2n) is 4.57. The van der Waals surface area contributed by atoms with Gasteiger partial charge in [-0.1, -0.05) is 31.2 Å². The van der Waals surface area contributed by atoms with Crippen molar-refractivity contribution in [1.82, 2.24) is 0 Å². The molecule has 0 spiro atoms. The van der Waals surface area contributed by atoms with Crippen LogP contribution in [-0.2, 0) is 6.42 Å². The number of hydrogen-bond acceptors (Lipinski definition) is 3. The van der Waals surface area contributed by atoms with Crippen LogP contribution in [0, 0.1) is 0 Å². The summed E-state index contributed by atoms with van der Waals surface area (Å²) in [5.41, 5.74) is 2.90. The molecule has 2 aromatic carbocycles. The normalized spacial score (nSPS) is 14.0. The fraction of sp³-hybridized carbons (Fsp3) is 0.133. The molecule has 2 N–H and O–H groups in total. The number of anilines is 3. The third-order valence-electron chi connectivity index (χ3n) is 3.33. The number of fused-ring (bicyclic) bond motifs is 1. The predicted octanol–water partition coefficient (Wildman–Crippen LogP) is 3.41. The number of amides is 2. The number of para-hydroxylation sites is 2. The number of urea groups is 1. The van der Waals surface area contributed by atoms with Gasteiger partial charge in [-0.2, -0.15) is 10.2 Å². The maximum atomic E-state index is 12.1. The molecule has 20 heavy (non-hydrogen) atoms. The van der Waals surface area contributed by atoms with Crippen molar-refractivity contribution in [1.29, 1.82) is 0 Å². The number of rotatable bonds is 2. The van der Waals surface area contributed by atoms with E-state index in [9.17, 15) is 10.0 Å². The molecule has 0 aliphatic carbocycles. The summed E-state index contributed by atoms with van der Waals surface area (Å²) >= 11 is 0. The molecular formula is C15H15N3O2. The highest BCUT2D eigenvalue weighted by Crippen LogP contribution is 2.32. The number of carbonyl (C=O) groups is 1. The van der Waals surface area contributed by atoms with Gasteiger partial charge >= 0.3 is 6.03 Å². The van der Waals surface area contributed by atoms with Gasteiger partial charge < -0.3 is 5.32 Å². The molecule has 0 aromatic heterocycles. The lowest BCUT2D eigenvalue weighted by Crippen LogP contribution is -2.50. The van der Waals surface area contributed by atoms with Crippen LogP contribution in [0.25, 0.3) is 0 Å². The Balaban J connectivity index is 1.99. The maximum absolute atomic E-state index is 12.1. The van der Waals surface area contributed by atoms with Crippen molar-refractivity contribution >= 4 is 23.1 Å². The summed E-state index contributed by atoms with van der Waals surface area (Å²) in [7, 11) is 0. The fourth-order valence-electron chi connectivity index (χ4n) is 2.22. The van der Waals surface area contributed by atoms with Crippen molar-refractivity contribution in [3.63, 3.8) is 0 Å². The summed E-state index contributed by atoms with van der Waals surface area (Å²) in [5.74, 6) is 0. The van der Waals surface area contributed by atoms with E-state index < -0.39 is 6.03 Å². The minimum Gasteiger partial charge on any atom is -0.304 e. The van der Waals surface area contributed by atoms with Crippen LogP contribution >= 0.6 is 0 Å². The Morgan fingerprint density at radius 3 is 2.50 bits per heavy atom. The molecule has 0 saturated carbocycles. The van der Waals surface area contributed by atoms with Gasteiger partial charge in [0.05, 0.1) is 11.4 Å². The third kappa shape index (κ3) is 1.98. The number of carbonyl (C=O) groups excluding carboxylic acids is 1. The van der Waals surface area contributed by atoms with E-state index in [0.717, 1.165) is 11.6 Å². The molecule has 0 bridgehead atoms. The number of benzene rings is 2. The van der Waals surface area contributed by atoms with Gasteiger partial charge in [0.1, 0.15) is 5.69 Å². The van der Waals surface area contributed by atoms with Gasteiger partial charge in [-0.15, -0.1) is 0 Å². The van der Waals surface area contributed by atoms with Crippen molar-refractivity contribution in [2.24, 2.45) is 0 Å². The molecule has 102 valence electrons. The van der Waals surface area contributed by atoms with Gasteiger partial charge in [-0.05, 0) is 36.2 Å². The molecule has 0 atom stereocenters. The number of hydrazine groups is 1. The standard InChI is InChI=1S/C15H15N3O2/c1-2-11-7-9-12(10-8-11)17-15(19)16-13-5-3-4-6-14(13)18(17)20/h3-10,20H,2H2,1H3,(H,16,19). The van der Waals surface area contributed by atoms with Gasteiger partial charge in [0.2, 0.25) is 0 Å². The number of hydrogen-bond donors (Lipinski definition) is 2. The molecule has 1 heterocycles. The molecule has 0 unspecified atom stereocenters. The first-order chi connectivity index (χ1) is 9.70. The van der Waals surface area contributed by atoms with Crippen LogP contribution in [0.4, 0.5) is 21.9 Å². The molecule has 5 nitrogen and oxygen atoms in total. The van der Waals surface area contributed by atoms with Gasteiger partial charge in [0.15, 0.2) is 0 Å². The van der Waals surface area contributed by atoms with E-state index in [2.05, 4.69) is 12.2 Å². The summed E-state index contributed by atoms with van der Waals surface area (Å²) in [6.45, 7) is 2.07. The molecule has 3 rings (SSSR count). The Morgan fingerprint density at radius 2 is 1.80 bits per heavy atom. The molecular weight excluding hydrogens is 254 g/mol. The lowest BCUT2D eigenvalue weighted by atomic mass is 10.1. The van der Waals surface area contributed by atoms with Crippen molar-refractivity contribution in [2.75, 3.05) is 15.5 Å². The van der Waals surface area contributed by atoms with Crippen molar-refractivity contribution in [3.8, 4) is 0 Å². The van der Waals surface area contributed by atoms with Gasteiger partial charge in [-0.25, -0.2) is 4.79 Å². The van der Waals surface area contributed by atoms with Crippen LogP contribution in [0.1, 0.15) is 12.5 Å². The molecule has 2 aromatic rings. The van der Waals surface area contributed by atoms with Crippen LogP contribution in [0.3, 0.4) is 0 Å². The highest BCUT2D eigenvalue weighted by Gasteiger charge is 2.30. The summed E-state index contributed by atoms with van der Waals surface area (Å²) in [6.07, 6.45) is 0.929. The third-order valence-corrected chi connectivity index (χ3v) is 3.33. The second kappa shape index (κ2) is 4.86. The smallest absolute Gasteiger partial charge is 0.304 e. The van der Waals surface area contributed by atoms with Gasteiger partial charge in [0.25, 0.3) is 0 Å². The summed E-state index contributed by atoms with van der Waals surface area (Å²) in [5, 5.41) is 15.1. The predicted molar refractivity (Wildman–Crippen MR) is 78.0 cm³/mol. The highest BCUT2D eigenvalue weighted by molar-refractivity contribution is 6.08. The van der Waals surface area contributed by atoms with E-state index in [4.69, 9.17) is 0 Å². The Morgan fingerprint density at radius 1 is 1.10 bits per heavy atom. The Bertz CT molecular complexity index is 640. The zero-order chi connectivity index (χ0) is 14.1. The van der Waals surface area contributed by atoms with Crippen LogP contribution in [0.5, 0.6) is 0 Å². The molecule has 0 fully saturated rings. The minimum absolute atomic E-state index is 0.393. The summed E-state index contributed by atoms with van der Waals surface area (Å²) in [6, 6.07) is 14.2. The quantitative estimate of drug-likeness (QED) is 0.878. The van der Waals surface area contributed by atoms with E-state index in [1.54, 1.807) is 24.3 Å². The van der Waals surface area contributed by atoms with Crippen LogP contribution in [0.15, 0.2) is 48.5 Å². The van der Waals surface area contributed by atoms with Crippen LogP contribution in [0.2, 0.25) is 0 Å². The Kier molecular flexibility index (Phi) is 3.04. The lowest BCUT2D eigenvalue weighted by Gasteiger charge is -2.36. The second-order valence-corrected chi connectivity index (χ2v) is 4.57. The zero-order valence-electron chi connectivity index (χ0n) is 11.1. The molecule has 2 amide bonds. The number of aryl methyl sites for hydroxylation is 1. The van der Waals surface area contributed by atoms with Crippen molar-refractivity contribution in [2.45, 2.75) is 13.3 Å². The average Bonchev–Trinajstić information content (AvgIpc) is 2.48. The SMILES string of the molecule is CCc1ccc(N2C(=O)Nc3ccccc3N2O)cc1. The monoisotopic (exact) mass is 269 g/mol. The van der Waals surface area contributed by atoms with Crippen molar-refractivity contribution < 1.29 is 10.0 Å². The van der Waals surface area contributed by atoms with Gasteiger partial charge in [-0.3, -0.25) is 5.21 Å². The summed E-state index contributed by atoms with van der Waals surface area (Å²) < 4.78 is 0. The average molecular weight is 269 g/mol. The number of nitrogens with one attached hydrogen (secondary N) is 1. The van der Waals surface area contributed by atoms with E-state index in [1.807, 2.05) is 24.3 Å². The first-order valence-corrected chi connectivity index (χ1v) is 6.48. The maximum Gasteiger partial charge on any atom is 0.347 e. The largest absolute Gasteiger partial charge is 0.347 e. The van der Waals surface area contributed by atoms with Crippen molar-refractivity contribution in [3.05, 3.63) is 54.1 Å². The molecule has 0 radical (unpaired) electrons. The first kappa shape index (κ1) is 12.5. The minimum atomic E-state index is -0.393. The number of nitrogens with zero attached hydrogens (tertiary/aromatic N) is 2. The van der Waals surface area contributed by atoms with Gasteiger partial charge in [0, 0.05) is 0 Å². The van der Waals surface area contributed by atoms with E-state index in [-0.39, 0.29) is 0 Å². The van der Waals surface area contributed by atoms with Crippen LogP contribution < -0.4 is 15.5 Å². The van der Waals surface area contributed by atoms with Crippen LogP contribution in [-0.4, -0.2) is 11.2 Å². The zero-order valence-corrected chi connectivity index (χ0v) is 11.1. The van der Waals surface area contributed by atoms with E-state index in [1.165, 1.54) is 10.6 Å². The van der Waals surface area contributed by atoms with E-state index >= 15 is 0 Å². The molecule has 0 saturated heterocycles.